The minimum absolute atomic E-state index is 0.0260. The van der Waals surface area contributed by atoms with Gasteiger partial charge in [-0.05, 0) is 40.5 Å². The van der Waals surface area contributed by atoms with Crippen molar-refractivity contribution >= 4 is 5.91 Å². The van der Waals surface area contributed by atoms with E-state index in [1.165, 1.54) is 12.8 Å². The minimum Gasteiger partial charge on any atom is -0.336 e. The lowest BCUT2D eigenvalue weighted by molar-refractivity contribution is -0.140. The maximum Gasteiger partial charge on any atom is 0.239 e. The number of nitrogens with one attached hydrogen (secondary N) is 1. The summed E-state index contributed by atoms with van der Waals surface area (Å²) in [5.74, 6) is 0.310. The molecule has 4 nitrogen and oxygen atoms in total. The van der Waals surface area contributed by atoms with Gasteiger partial charge in [-0.1, -0.05) is 0 Å². The van der Waals surface area contributed by atoms with E-state index >= 15 is 0 Å². The number of rotatable bonds is 2. The molecule has 3 unspecified atom stereocenters. The SMILES string of the molecule is CC1CCC(C)N1C(C)C(=O)N1CCNC[C@H]1C. The summed E-state index contributed by atoms with van der Waals surface area (Å²) >= 11 is 0. The first-order valence-electron chi connectivity index (χ1n) is 7.31. The van der Waals surface area contributed by atoms with Crippen LogP contribution in [-0.4, -0.2) is 59.5 Å². The van der Waals surface area contributed by atoms with Gasteiger partial charge in [0.1, 0.15) is 0 Å². The maximum atomic E-state index is 12.6. The molecular formula is C14H27N3O. The largest absolute Gasteiger partial charge is 0.336 e. The zero-order valence-corrected chi connectivity index (χ0v) is 12.1. The van der Waals surface area contributed by atoms with Crippen LogP contribution in [0.25, 0.3) is 0 Å². The monoisotopic (exact) mass is 253 g/mol. The number of carbonyl (C=O) groups excluding carboxylic acids is 1. The van der Waals surface area contributed by atoms with Crippen LogP contribution in [0.15, 0.2) is 0 Å². The van der Waals surface area contributed by atoms with Crippen LogP contribution in [0.5, 0.6) is 0 Å². The third-order valence-corrected chi connectivity index (χ3v) is 4.61. The number of amides is 1. The van der Waals surface area contributed by atoms with E-state index < -0.39 is 0 Å². The molecule has 0 bridgehead atoms. The van der Waals surface area contributed by atoms with Crippen molar-refractivity contribution in [2.24, 2.45) is 0 Å². The predicted molar refractivity (Wildman–Crippen MR) is 73.5 cm³/mol. The molecule has 4 heteroatoms. The first-order valence-corrected chi connectivity index (χ1v) is 7.31. The summed E-state index contributed by atoms with van der Waals surface area (Å²) in [5, 5.41) is 3.34. The number of likely N-dealkylation sites (tertiary alicyclic amines) is 1. The van der Waals surface area contributed by atoms with Gasteiger partial charge in [0.15, 0.2) is 0 Å². The van der Waals surface area contributed by atoms with E-state index in [4.69, 9.17) is 0 Å². The second kappa shape index (κ2) is 5.57. The van der Waals surface area contributed by atoms with E-state index in [0.29, 0.717) is 24.0 Å². The molecule has 0 aromatic carbocycles. The molecule has 0 aromatic rings. The topological polar surface area (TPSA) is 35.6 Å². The molecule has 0 radical (unpaired) electrons. The Morgan fingerprint density at radius 1 is 1.17 bits per heavy atom. The molecule has 104 valence electrons. The second-order valence-corrected chi connectivity index (χ2v) is 5.98. The number of carbonyl (C=O) groups is 1. The Morgan fingerprint density at radius 2 is 1.78 bits per heavy atom. The lowest BCUT2D eigenvalue weighted by Gasteiger charge is -2.39. The fourth-order valence-corrected chi connectivity index (χ4v) is 3.51. The van der Waals surface area contributed by atoms with Crippen molar-refractivity contribution in [3.63, 3.8) is 0 Å². The molecule has 0 spiro atoms. The molecule has 2 rings (SSSR count). The summed E-state index contributed by atoms with van der Waals surface area (Å²) in [6.45, 7) is 11.4. The summed E-state index contributed by atoms with van der Waals surface area (Å²) in [6.07, 6.45) is 2.44. The lowest BCUT2D eigenvalue weighted by Crippen LogP contribution is -2.58. The van der Waals surface area contributed by atoms with Crippen molar-refractivity contribution < 1.29 is 4.79 Å². The van der Waals surface area contributed by atoms with Gasteiger partial charge < -0.3 is 10.2 Å². The molecule has 2 heterocycles. The minimum atomic E-state index is 0.0260. The van der Waals surface area contributed by atoms with Crippen molar-refractivity contribution in [1.82, 2.24) is 15.1 Å². The van der Waals surface area contributed by atoms with Crippen molar-refractivity contribution in [3.8, 4) is 0 Å². The number of piperazine rings is 1. The van der Waals surface area contributed by atoms with Crippen LogP contribution < -0.4 is 5.32 Å². The third kappa shape index (κ3) is 2.54. The molecule has 2 fully saturated rings. The quantitative estimate of drug-likeness (QED) is 0.799. The first-order chi connectivity index (χ1) is 8.52. The number of hydrogen-bond acceptors (Lipinski definition) is 3. The standard InChI is InChI=1S/C14H27N3O/c1-10-5-6-11(2)17(10)13(4)14(18)16-8-7-15-9-12(16)3/h10-13,15H,5-9H2,1-4H3/t10?,11?,12-,13?/m1/s1. The molecular weight excluding hydrogens is 226 g/mol. The number of nitrogens with zero attached hydrogens (tertiary/aromatic N) is 2. The van der Waals surface area contributed by atoms with Gasteiger partial charge in [-0.15, -0.1) is 0 Å². The molecule has 2 saturated heterocycles. The Labute approximate surface area is 111 Å². The highest BCUT2D eigenvalue weighted by Crippen LogP contribution is 2.26. The Balaban J connectivity index is 2.03. The van der Waals surface area contributed by atoms with Crippen LogP contribution in [0.4, 0.5) is 0 Å². The Hall–Kier alpha value is -0.610. The molecule has 1 amide bonds. The highest BCUT2D eigenvalue weighted by molar-refractivity contribution is 5.82. The van der Waals surface area contributed by atoms with Gasteiger partial charge in [-0.2, -0.15) is 0 Å². The van der Waals surface area contributed by atoms with Crippen LogP contribution in [0.3, 0.4) is 0 Å². The molecule has 1 N–H and O–H groups in total. The highest BCUT2D eigenvalue weighted by Gasteiger charge is 2.37. The van der Waals surface area contributed by atoms with Crippen LogP contribution in [0, 0.1) is 0 Å². The predicted octanol–water partition coefficient (Wildman–Crippen LogP) is 1.07. The van der Waals surface area contributed by atoms with Gasteiger partial charge in [0, 0.05) is 37.8 Å². The molecule has 4 atom stereocenters. The van der Waals surface area contributed by atoms with E-state index in [1.54, 1.807) is 0 Å². The first kappa shape index (κ1) is 13.8. The van der Waals surface area contributed by atoms with Crippen molar-refractivity contribution in [1.29, 1.82) is 0 Å². The zero-order valence-electron chi connectivity index (χ0n) is 12.1. The average Bonchev–Trinajstić information content (AvgIpc) is 2.68. The number of hydrogen-bond donors (Lipinski definition) is 1. The van der Waals surface area contributed by atoms with Crippen molar-refractivity contribution in [3.05, 3.63) is 0 Å². The molecule has 2 aliphatic rings. The Morgan fingerprint density at radius 3 is 2.33 bits per heavy atom. The Kier molecular flexibility index (Phi) is 4.28. The van der Waals surface area contributed by atoms with Crippen molar-refractivity contribution in [2.75, 3.05) is 19.6 Å². The third-order valence-electron chi connectivity index (χ3n) is 4.61. The molecule has 18 heavy (non-hydrogen) atoms. The molecule has 0 aliphatic carbocycles. The summed E-state index contributed by atoms with van der Waals surface area (Å²) in [6, 6.07) is 1.43. The molecule has 2 aliphatic heterocycles. The van der Waals surface area contributed by atoms with E-state index in [1.807, 2.05) is 0 Å². The van der Waals surface area contributed by atoms with E-state index in [0.717, 1.165) is 19.6 Å². The maximum absolute atomic E-state index is 12.6. The van der Waals surface area contributed by atoms with Gasteiger partial charge >= 0.3 is 0 Å². The van der Waals surface area contributed by atoms with Crippen LogP contribution in [0.1, 0.15) is 40.5 Å². The summed E-state index contributed by atoms with van der Waals surface area (Å²) in [5.41, 5.74) is 0. The zero-order chi connectivity index (χ0) is 13.3. The van der Waals surface area contributed by atoms with E-state index in [2.05, 4.69) is 42.8 Å². The van der Waals surface area contributed by atoms with Crippen LogP contribution in [0.2, 0.25) is 0 Å². The van der Waals surface area contributed by atoms with E-state index in [9.17, 15) is 4.79 Å². The van der Waals surface area contributed by atoms with Crippen molar-refractivity contribution in [2.45, 2.75) is 64.7 Å². The smallest absolute Gasteiger partial charge is 0.239 e. The fourth-order valence-electron chi connectivity index (χ4n) is 3.51. The van der Waals surface area contributed by atoms with E-state index in [-0.39, 0.29) is 6.04 Å². The van der Waals surface area contributed by atoms with Gasteiger partial charge in [-0.3, -0.25) is 9.69 Å². The average molecular weight is 253 g/mol. The van der Waals surface area contributed by atoms with Gasteiger partial charge in [0.25, 0.3) is 0 Å². The second-order valence-electron chi connectivity index (χ2n) is 5.98. The van der Waals surface area contributed by atoms with Gasteiger partial charge in [0.05, 0.1) is 6.04 Å². The summed E-state index contributed by atoms with van der Waals surface area (Å²) in [4.78, 5) is 17.1. The Bertz CT molecular complexity index is 297. The summed E-state index contributed by atoms with van der Waals surface area (Å²) < 4.78 is 0. The normalized spacial score (nSPS) is 35.8. The van der Waals surface area contributed by atoms with Crippen LogP contribution >= 0.6 is 0 Å². The fraction of sp³-hybridized carbons (Fsp3) is 0.929. The van der Waals surface area contributed by atoms with Gasteiger partial charge in [0.2, 0.25) is 5.91 Å². The summed E-state index contributed by atoms with van der Waals surface area (Å²) in [7, 11) is 0. The molecule has 0 saturated carbocycles. The highest BCUT2D eigenvalue weighted by atomic mass is 16.2. The molecule has 0 aromatic heterocycles. The van der Waals surface area contributed by atoms with Gasteiger partial charge in [-0.25, -0.2) is 0 Å². The lowest BCUT2D eigenvalue weighted by atomic mass is 10.1. The van der Waals surface area contributed by atoms with Crippen LogP contribution in [-0.2, 0) is 4.79 Å².